The van der Waals surface area contributed by atoms with E-state index in [2.05, 4.69) is 39.9 Å². The minimum atomic E-state index is -1.87. The Hall–Kier alpha value is -1.49. The molecule has 3 rings (SSSR count). The summed E-state index contributed by atoms with van der Waals surface area (Å²) in [5.74, 6) is 1.60. The van der Waals surface area contributed by atoms with Gasteiger partial charge in [-0.3, -0.25) is 4.79 Å². The van der Waals surface area contributed by atoms with Gasteiger partial charge in [0.15, 0.2) is 0 Å². The Morgan fingerprint density at radius 3 is 2.61 bits per heavy atom. The van der Waals surface area contributed by atoms with Crippen LogP contribution in [-0.2, 0) is 9.53 Å². The number of carbonyl (C=O) groups excluding carboxylic acids is 1. The fourth-order valence-corrected chi connectivity index (χ4v) is 3.89. The van der Waals surface area contributed by atoms with E-state index < -0.39 is 8.32 Å². The largest absolute Gasteiger partial charge is 0.543 e. The van der Waals surface area contributed by atoms with E-state index in [4.69, 9.17) is 13.9 Å². The van der Waals surface area contributed by atoms with Gasteiger partial charge in [0.1, 0.15) is 23.5 Å². The molecule has 0 radical (unpaired) electrons. The smallest absolute Gasteiger partial charge is 0.313 e. The molecule has 0 saturated heterocycles. The summed E-state index contributed by atoms with van der Waals surface area (Å²) in [4.78, 5) is 11.9. The maximum absolute atomic E-state index is 11.9. The number of fused-ring (bicyclic) bond motifs is 3. The summed E-state index contributed by atoms with van der Waals surface area (Å²) < 4.78 is 17.4. The lowest BCUT2D eigenvalue weighted by atomic mass is 10.1. The fourth-order valence-electron chi connectivity index (χ4n) is 2.87. The molecular weight excluding hydrogens is 308 g/mol. The van der Waals surface area contributed by atoms with Crippen molar-refractivity contribution in [1.29, 1.82) is 0 Å². The highest BCUT2D eigenvalue weighted by Crippen LogP contribution is 2.59. The van der Waals surface area contributed by atoms with Crippen molar-refractivity contribution in [1.82, 2.24) is 0 Å². The van der Waals surface area contributed by atoms with Crippen LogP contribution in [0.5, 0.6) is 11.5 Å². The summed E-state index contributed by atoms with van der Waals surface area (Å²) >= 11 is 0. The normalized spacial score (nSPS) is 25.2. The van der Waals surface area contributed by atoms with Gasteiger partial charge in [-0.25, -0.2) is 0 Å². The van der Waals surface area contributed by atoms with Crippen molar-refractivity contribution in [2.75, 3.05) is 6.61 Å². The van der Waals surface area contributed by atoms with Crippen LogP contribution in [-0.4, -0.2) is 27.0 Å². The number of hydrogen-bond acceptors (Lipinski definition) is 4. The second-order valence-corrected chi connectivity index (χ2v) is 12.7. The maximum atomic E-state index is 11.9. The number of esters is 1. The molecule has 1 heterocycles. The second kappa shape index (κ2) is 5.26. The Balaban J connectivity index is 1.78. The highest BCUT2D eigenvalue weighted by atomic mass is 28.4. The van der Waals surface area contributed by atoms with Crippen LogP contribution in [0, 0.1) is 5.92 Å². The molecule has 5 heteroatoms. The molecule has 4 nitrogen and oxygen atoms in total. The third-order valence-corrected chi connectivity index (χ3v) is 9.65. The molecule has 1 aliphatic heterocycles. The van der Waals surface area contributed by atoms with E-state index in [1.807, 2.05) is 19.1 Å². The molecule has 2 aliphatic rings. The molecule has 126 valence electrons. The first-order chi connectivity index (χ1) is 10.7. The van der Waals surface area contributed by atoms with Crippen molar-refractivity contribution < 1.29 is 18.7 Å². The molecule has 3 atom stereocenters. The van der Waals surface area contributed by atoms with Gasteiger partial charge < -0.3 is 13.9 Å². The van der Waals surface area contributed by atoms with Gasteiger partial charge in [-0.1, -0.05) is 20.8 Å². The second-order valence-electron chi connectivity index (χ2n) is 7.95. The van der Waals surface area contributed by atoms with E-state index in [1.54, 1.807) is 0 Å². The fraction of sp³-hybridized carbons (Fsp3) is 0.611. The van der Waals surface area contributed by atoms with Crippen LogP contribution >= 0.6 is 0 Å². The molecule has 0 aromatic heterocycles. The summed E-state index contributed by atoms with van der Waals surface area (Å²) in [7, 11) is -1.87. The molecule has 0 N–H and O–H groups in total. The van der Waals surface area contributed by atoms with Crippen molar-refractivity contribution in [3.8, 4) is 11.5 Å². The van der Waals surface area contributed by atoms with E-state index in [-0.39, 0.29) is 28.9 Å². The zero-order valence-electron chi connectivity index (χ0n) is 14.8. The first kappa shape index (κ1) is 16.4. The molecule has 1 saturated carbocycles. The summed E-state index contributed by atoms with van der Waals surface area (Å²) in [5.41, 5.74) is 1.09. The predicted molar refractivity (Wildman–Crippen MR) is 91.5 cm³/mol. The molecule has 1 aromatic carbocycles. The van der Waals surface area contributed by atoms with Gasteiger partial charge in [0, 0.05) is 11.5 Å². The number of carbonyl (C=O) groups is 1. The third-order valence-electron chi connectivity index (χ3n) is 5.30. The predicted octanol–water partition coefficient (Wildman–Crippen LogP) is 4.11. The van der Waals surface area contributed by atoms with Crippen molar-refractivity contribution in [3.05, 3.63) is 23.8 Å². The Morgan fingerprint density at radius 1 is 1.30 bits per heavy atom. The number of rotatable bonds is 4. The van der Waals surface area contributed by atoms with Crippen LogP contribution in [0.25, 0.3) is 0 Å². The lowest BCUT2D eigenvalue weighted by Crippen LogP contribution is -2.43. The highest BCUT2D eigenvalue weighted by molar-refractivity contribution is 6.74. The van der Waals surface area contributed by atoms with E-state index >= 15 is 0 Å². The minimum absolute atomic E-state index is 0.0489. The molecule has 23 heavy (non-hydrogen) atoms. The van der Waals surface area contributed by atoms with E-state index in [0.717, 1.165) is 17.1 Å². The number of ether oxygens (including phenoxy) is 2. The topological polar surface area (TPSA) is 44.8 Å². The van der Waals surface area contributed by atoms with Crippen LogP contribution in [0.4, 0.5) is 0 Å². The summed E-state index contributed by atoms with van der Waals surface area (Å²) in [6.07, 6.45) is -0.0489. The highest BCUT2D eigenvalue weighted by Gasteiger charge is 2.63. The van der Waals surface area contributed by atoms with E-state index in [9.17, 15) is 4.79 Å². The summed E-state index contributed by atoms with van der Waals surface area (Å²) in [5, 5.41) is 0.151. The lowest BCUT2D eigenvalue weighted by molar-refractivity contribution is -0.145. The van der Waals surface area contributed by atoms with Gasteiger partial charge in [-0.2, -0.15) is 0 Å². The molecule has 1 aliphatic carbocycles. The third kappa shape index (κ3) is 2.75. The van der Waals surface area contributed by atoms with Gasteiger partial charge in [0.2, 0.25) is 8.32 Å². The van der Waals surface area contributed by atoms with E-state index in [0.29, 0.717) is 6.61 Å². The number of hydrogen-bond donors (Lipinski definition) is 0. The van der Waals surface area contributed by atoms with Crippen LogP contribution in [0.2, 0.25) is 18.1 Å². The number of benzene rings is 1. The van der Waals surface area contributed by atoms with Gasteiger partial charge in [-0.05, 0) is 43.3 Å². The van der Waals surface area contributed by atoms with Gasteiger partial charge in [0.25, 0.3) is 0 Å². The van der Waals surface area contributed by atoms with Gasteiger partial charge >= 0.3 is 5.97 Å². The van der Waals surface area contributed by atoms with Gasteiger partial charge in [-0.15, -0.1) is 0 Å². The molecular formula is C18H26O4Si. The van der Waals surface area contributed by atoms with Crippen molar-refractivity contribution >= 4 is 14.3 Å². The van der Waals surface area contributed by atoms with Gasteiger partial charge in [0.05, 0.1) is 6.61 Å². The van der Waals surface area contributed by atoms with E-state index in [1.165, 1.54) is 0 Å². The molecule has 0 amide bonds. The Labute approximate surface area is 139 Å². The molecule has 1 aromatic rings. The van der Waals surface area contributed by atoms with Crippen LogP contribution < -0.4 is 9.16 Å². The first-order valence-electron chi connectivity index (χ1n) is 8.32. The quantitative estimate of drug-likeness (QED) is 0.614. The lowest BCUT2D eigenvalue weighted by Gasteiger charge is -2.36. The summed E-state index contributed by atoms with van der Waals surface area (Å²) in [6, 6.07) is 6.00. The average Bonchev–Trinajstić information content (AvgIpc) is 3.02. The van der Waals surface area contributed by atoms with Crippen molar-refractivity contribution in [2.24, 2.45) is 5.92 Å². The molecule has 0 bridgehead atoms. The Kier molecular flexibility index (Phi) is 3.75. The molecule has 2 unspecified atom stereocenters. The average molecular weight is 334 g/mol. The SMILES string of the molecule is CCOC(=O)C1C2Oc3ccc(O[Si](C)(C)C(C)(C)C)cc3[C@H]21. The maximum Gasteiger partial charge on any atom is 0.313 e. The molecule has 0 spiro atoms. The van der Waals surface area contributed by atoms with Crippen LogP contribution in [0.1, 0.15) is 39.2 Å². The minimum Gasteiger partial charge on any atom is -0.543 e. The zero-order chi connectivity index (χ0) is 17.0. The zero-order valence-corrected chi connectivity index (χ0v) is 15.8. The first-order valence-corrected chi connectivity index (χ1v) is 11.2. The van der Waals surface area contributed by atoms with Crippen molar-refractivity contribution in [2.45, 2.75) is 57.8 Å². The monoisotopic (exact) mass is 334 g/mol. The Morgan fingerprint density at radius 2 is 2.00 bits per heavy atom. The Bertz CT molecular complexity index is 632. The van der Waals surface area contributed by atoms with Crippen molar-refractivity contribution in [3.63, 3.8) is 0 Å². The standard InChI is InChI=1S/C18H26O4Si/c1-7-20-17(19)15-14-12-10-11(8-9-13(12)21-16(14)15)22-23(5,6)18(2,3)4/h8-10,14-16H,7H2,1-6H3/t14-,15?,16?/m0/s1. The van der Waals surface area contributed by atoms with Crippen LogP contribution in [0.3, 0.4) is 0 Å². The molecule has 1 fully saturated rings. The van der Waals surface area contributed by atoms with Crippen LogP contribution in [0.15, 0.2) is 18.2 Å². The summed E-state index contributed by atoms with van der Waals surface area (Å²) in [6.45, 7) is 13.4.